The van der Waals surface area contributed by atoms with Crippen LogP contribution in [0.25, 0.3) is 11.1 Å². The Labute approximate surface area is 140 Å². The van der Waals surface area contributed by atoms with E-state index in [9.17, 15) is 9.18 Å². The Morgan fingerprint density at radius 3 is 2.67 bits per heavy atom. The molecule has 0 saturated heterocycles. The van der Waals surface area contributed by atoms with Gasteiger partial charge in [-0.05, 0) is 52.8 Å². The molecule has 0 aromatic heterocycles. The van der Waals surface area contributed by atoms with E-state index in [2.05, 4.69) is 13.0 Å². The molecule has 1 amide bonds. The molecule has 0 saturated carbocycles. The van der Waals surface area contributed by atoms with Crippen LogP contribution in [0.2, 0.25) is 0 Å². The van der Waals surface area contributed by atoms with Gasteiger partial charge in [0.25, 0.3) is 0 Å². The molecule has 122 valence electrons. The second kappa shape index (κ2) is 6.09. The zero-order chi connectivity index (χ0) is 17.3. The lowest BCUT2D eigenvalue weighted by Gasteiger charge is -2.28. The molecule has 0 radical (unpaired) electrons. The normalized spacial score (nSPS) is 17.9. The molecule has 0 spiro atoms. The Hall–Kier alpha value is -2.67. The van der Waals surface area contributed by atoms with E-state index in [1.54, 1.807) is 6.07 Å². The summed E-state index contributed by atoms with van der Waals surface area (Å²) in [6, 6.07) is 12.5. The van der Waals surface area contributed by atoms with Crippen LogP contribution >= 0.6 is 0 Å². The fourth-order valence-corrected chi connectivity index (χ4v) is 3.78. The van der Waals surface area contributed by atoms with Crippen molar-refractivity contribution in [3.63, 3.8) is 0 Å². The Morgan fingerprint density at radius 2 is 2.00 bits per heavy atom. The highest BCUT2D eigenvalue weighted by atomic mass is 19.1. The predicted molar refractivity (Wildman–Crippen MR) is 90.7 cm³/mol. The number of amides is 1. The van der Waals surface area contributed by atoms with E-state index in [0.717, 1.165) is 29.5 Å². The fraction of sp³-hybridized carbons (Fsp3) is 0.300. The molecule has 4 heteroatoms. The summed E-state index contributed by atoms with van der Waals surface area (Å²) < 4.78 is 13.8. The summed E-state index contributed by atoms with van der Waals surface area (Å²) in [6.45, 7) is 2.09. The highest BCUT2D eigenvalue weighted by Crippen LogP contribution is 2.51. The zero-order valence-electron chi connectivity index (χ0n) is 13.6. The van der Waals surface area contributed by atoms with Gasteiger partial charge in [-0.25, -0.2) is 4.39 Å². The van der Waals surface area contributed by atoms with Gasteiger partial charge in [0.1, 0.15) is 11.2 Å². The summed E-state index contributed by atoms with van der Waals surface area (Å²) >= 11 is 0. The molecule has 1 unspecified atom stereocenters. The van der Waals surface area contributed by atoms with E-state index in [-0.39, 0.29) is 12.2 Å². The first kappa shape index (κ1) is 16.2. The lowest BCUT2D eigenvalue weighted by atomic mass is 9.73. The van der Waals surface area contributed by atoms with Crippen LogP contribution in [0.15, 0.2) is 36.4 Å². The summed E-state index contributed by atoms with van der Waals surface area (Å²) in [5.41, 5.74) is 8.92. The van der Waals surface area contributed by atoms with Crippen molar-refractivity contribution in [3.8, 4) is 17.2 Å². The van der Waals surface area contributed by atoms with Crippen LogP contribution in [0.5, 0.6) is 0 Å². The van der Waals surface area contributed by atoms with Crippen molar-refractivity contribution >= 4 is 5.91 Å². The maximum atomic E-state index is 13.8. The molecule has 2 aromatic carbocycles. The van der Waals surface area contributed by atoms with Crippen molar-refractivity contribution in [2.75, 3.05) is 0 Å². The number of rotatable bonds is 5. The number of nitrogens with zero attached hydrogens (tertiary/aromatic N) is 1. The molecule has 3 rings (SSSR count). The molecule has 1 atom stereocenters. The number of benzene rings is 2. The first-order chi connectivity index (χ1) is 11.5. The van der Waals surface area contributed by atoms with Gasteiger partial charge in [-0.2, -0.15) is 5.26 Å². The van der Waals surface area contributed by atoms with E-state index in [1.165, 1.54) is 12.1 Å². The molecule has 3 nitrogen and oxygen atoms in total. The SMILES string of the molecule is CCCc1ccc2c(c1)C(CCC#N)(C(N)=O)c1ccc(F)cc1-2. The minimum Gasteiger partial charge on any atom is -0.369 e. The van der Waals surface area contributed by atoms with Crippen molar-refractivity contribution < 1.29 is 9.18 Å². The second-order valence-electron chi connectivity index (χ2n) is 6.25. The average Bonchev–Trinajstić information content (AvgIpc) is 2.83. The topological polar surface area (TPSA) is 66.9 Å². The number of nitriles is 1. The smallest absolute Gasteiger partial charge is 0.232 e. The van der Waals surface area contributed by atoms with Crippen LogP contribution in [-0.4, -0.2) is 5.91 Å². The van der Waals surface area contributed by atoms with Crippen LogP contribution in [-0.2, 0) is 16.6 Å². The van der Waals surface area contributed by atoms with Gasteiger partial charge >= 0.3 is 0 Å². The van der Waals surface area contributed by atoms with Crippen LogP contribution in [0.4, 0.5) is 4.39 Å². The molecule has 0 heterocycles. The lowest BCUT2D eigenvalue weighted by Crippen LogP contribution is -2.40. The summed E-state index contributed by atoms with van der Waals surface area (Å²) in [5, 5.41) is 9.04. The maximum absolute atomic E-state index is 13.8. The molecule has 2 aromatic rings. The fourth-order valence-electron chi connectivity index (χ4n) is 3.78. The number of carbonyl (C=O) groups is 1. The number of hydrogen-bond donors (Lipinski definition) is 1. The average molecular weight is 322 g/mol. The minimum atomic E-state index is -1.06. The van der Waals surface area contributed by atoms with Crippen molar-refractivity contribution in [1.82, 2.24) is 0 Å². The molecular weight excluding hydrogens is 303 g/mol. The van der Waals surface area contributed by atoms with E-state index in [1.807, 2.05) is 18.2 Å². The number of primary amides is 1. The second-order valence-corrected chi connectivity index (χ2v) is 6.25. The van der Waals surface area contributed by atoms with Gasteiger partial charge < -0.3 is 5.73 Å². The Kier molecular flexibility index (Phi) is 4.11. The van der Waals surface area contributed by atoms with Gasteiger partial charge in [-0.1, -0.05) is 37.6 Å². The van der Waals surface area contributed by atoms with Gasteiger partial charge in [-0.3, -0.25) is 4.79 Å². The van der Waals surface area contributed by atoms with E-state index in [4.69, 9.17) is 11.0 Å². The van der Waals surface area contributed by atoms with Crippen molar-refractivity contribution in [1.29, 1.82) is 5.26 Å². The monoisotopic (exact) mass is 322 g/mol. The number of fused-ring (bicyclic) bond motifs is 3. The summed E-state index contributed by atoms with van der Waals surface area (Å²) in [4.78, 5) is 12.5. The molecule has 1 aliphatic rings. The van der Waals surface area contributed by atoms with Crippen molar-refractivity contribution in [2.24, 2.45) is 5.73 Å². The van der Waals surface area contributed by atoms with Crippen molar-refractivity contribution in [2.45, 2.75) is 38.0 Å². The number of aryl methyl sites for hydroxylation is 1. The van der Waals surface area contributed by atoms with Gasteiger partial charge in [0, 0.05) is 6.42 Å². The maximum Gasteiger partial charge on any atom is 0.232 e. The van der Waals surface area contributed by atoms with Gasteiger partial charge in [-0.15, -0.1) is 0 Å². The van der Waals surface area contributed by atoms with Crippen LogP contribution in [0.3, 0.4) is 0 Å². The van der Waals surface area contributed by atoms with E-state index >= 15 is 0 Å². The minimum absolute atomic E-state index is 0.206. The Bertz CT molecular complexity index is 853. The largest absolute Gasteiger partial charge is 0.369 e. The van der Waals surface area contributed by atoms with Gasteiger partial charge in [0.15, 0.2) is 0 Å². The third-order valence-corrected chi connectivity index (χ3v) is 4.85. The summed E-state index contributed by atoms with van der Waals surface area (Å²) in [5.74, 6) is -0.837. The molecule has 0 bridgehead atoms. The summed E-state index contributed by atoms with van der Waals surface area (Å²) in [7, 11) is 0. The Balaban J connectivity index is 2.31. The van der Waals surface area contributed by atoms with E-state index in [0.29, 0.717) is 17.5 Å². The molecule has 2 N–H and O–H groups in total. The van der Waals surface area contributed by atoms with Crippen molar-refractivity contribution in [3.05, 3.63) is 58.9 Å². The highest BCUT2D eigenvalue weighted by Gasteiger charge is 2.47. The first-order valence-electron chi connectivity index (χ1n) is 8.15. The summed E-state index contributed by atoms with van der Waals surface area (Å²) in [6.07, 6.45) is 2.39. The van der Waals surface area contributed by atoms with Gasteiger partial charge in [0.2, 0.25) is 5.91 Å². The lowest BCUT2D eigenvalue weighted by molar-refractivity contribution is -0.122. The zero-order valence-corrected chi connectivity index (χ0v) is 13.6. The predicted octanol–water partition coefficient (Wildman–Crippen LogP) is 3.83. The molecule has 1 aliphatic carbocycles. The van der Waals surface area contributed by atoms with E-state index < -0.39 is 11.3 Å². The standard InChI is InChI=1S/C20H19FN2O/c1-2-4-13-5-7-15-16-12-14(21)6-8-17(16)20(19(23)24,9-3-10-22)18(15)11-13/h5-8,11-12H,2-4,9H2,1H3,(H2,23,24). The number of nitrogens with two attached hydrogens (primary N) is 1. The third-order valence-electron chi connectivity index (χ3n) is 4.85. The van der Waals surface area contributed by atoms with Crippen LogP contribution in [0, 0.1) is 17.1 Å². The third kappa shape index (κ3) is 2.28. The first-order valence-corrected chi connectivity index (χ1v) is 8.15. The van der Waals surface area contributed by atoms with Gasteiger partial charge in [0.05, 0.1) is 6.07 Å². The number of halogens is 1. The Morgan fingerprint density at radius 1 is 1.21 bits per heavy atom. The van der Waals surface area contributed by atoms with Crippen LogP contribution in [0.1, 0.15) is 42.9 Å². The molecular formula is C20H19FN2O. The molecule has 0 fully saturated rings. The quantitative estimate of drug-likeness (QED) is 0.909. The number of hydrogen-bond acceptors (Lipinski definition) is 2. The molecule has 0 aliphatic heterocycles. The highest BCUT2D eigenvalue weighted by molar-refractivity contribution is 6.00. The number of carbonyl (C=O) groups excluding carboxylic acids is 1. The van der Waals surface area contributed by atoms with Crippen LogP contribution < -0.4 is 5.73 Å². The molecule has 24 heavy (non-hydrogen) atoms.